The van der Waals surface area contributed by atoms with E-state index >= 15 is 0 Å². The van der Waals surface area contributed by atoms with E-state index in [1.165, 1.54) is 5.56 Å². The molecule has 0 bridgehead atoms. The van der Waals surface area contributed by atoms with Gasteiger partial charge in [-0.3, -0.25) is 0 Å². The second kappa shape index (κ2) is 10.7. The van der Waals surface area contributed by atoms with Gasteiger partial charge in [0.25, 0.3) is 0 Å². The average Bonchev–Trinajstić information content (AvgIpc) is 2.61. The van der Waals surface area contributed by atoms with Crippen LogP contribution >= 0.6 is 0 Å². The summed E-state index contributed by atoms with van der Waals surface area (Å²) in [6.45, 7) is 7.96. The van der Waals surface area contributed by atoms with Gasteiger partial charge in [0, 0.05) is 19.3 Å². The first-order valence-corrected chi connectivity index (χ1v) is 8.81. The van der Waals surface area contributed by atoms with Crippen molar-refractivity contribution in [2.75, 3.05) is 25.0 Å². The van der Waals surface area contributed by atoms with Gasteiger partial charge in [-0.2, -0.15) is 0 Å². The molecule has 4 heteroatoms. The Bertz CT molecular complexity index is 555. The van der Waals surface area contributed by atoms with Gasteiger partial charge in [0.2, 0.25) is 0 Å². The lowest BCUT2D eigenvalue weighted by atomic mass is 10.2. The lowest BCUT2D eigenvalue weighted by Gasteiger charge is -2.10. The SMILES string of the molecule is CC(C)COc1ccc(CNCCCCNc2ccccn2)cc1. The van der Waals surface area contributed by atoms with Gasteiger partial charge in [-0.15, -0.1) is 0 Å². The van der Waals surface area contributed by atoms with Crippen LogP contribution in [0, 0.1) is 5.92 Å². The Morgan fingerprint density at radius 1 is 1.00 bits per heavy atom. The van der Waals surface area contributed by atoms with E-state index in [2.05, 4.69) is 53.7 Å². The number of hydrogen-bond acceptors (Lipinski definition) is 4. The van der Waals surface area contributed by atoms with E-state index in [0.29, 0.717) is 5.92 Å². The third kappa shape index (κ3) is 7.47. The molecular weight excluding hydrogens is 298 g/mol. The molecule has 24 heavy (non-hydrogen) atoms. The lowest BCUT2D eigenvalue weighted by molar-refractivity contribution is 0.271. The van der Waals surface area contributed by atoms with E-state index in [-0.39, 0.29) is 0 Å². The molecule has 2 aromatic rings. The Balaban J connectivity index is 1.52. The molecule has 1 heterocycles. The Labute approximate surface area is 145 Å². The van der Waals surface area contributed by atoms with E-state index in [0.717, 1.165) is 50.7 Å². The predicted octanol–water partition coefficient (Wildman–Crippen LogP) is 4.10. The predicted molar refractivity (Wildman–Crippen MR) is 100 cm³/mol. The molecule has 0 unspecified atom stereocenters. The number of nitrogens with zero attached hydrogens (tertiary/aromatic N) is 1. The third-order valence-electron chi connectivity index (χ3n) is 3.59. The van der Waals surface area contributed by atoms with Crippen LogP contribution in [0.15, 0.2) is 48.7 Å². The first-order valence-electron chi connectivity index (χ1n) is 8.81. The first-order chi connectivity index (χ1) is 11.7. The molecule has 1 aromatic carbocycles. The van der Waals surface area contributed by atoms with Crippen molar-refractivity contribution in [1.82, 2.24) is 10.3 Å². The van der Waals surface area contributed by atoms with Crippen LogP contribution in [0.4, 0.5) is 5.82 Å². The van der Waals surface area contributed by atoms with Crippen molar-refractivity contribution in [2.24, 2.45) is 5.92 Å². The van der Waals surface area contributed by atoms with Crippen molar-refractivity contribution in [3.05, 3.63) is 54.2 Å². The second-order valence-corrected chi connectivity index (χ2v) is 6.37. The molecule has 0 amide bonds. The number of pyridine rings is 1. The van der Waals surface area contributed by atoms with Gasteiger partial charge < -0.3 is 15.4 Å². The molecule has 4 nitrogen and oxygen atoms in total. The van der Waals surface area contributed by atoms with Crippen molar-refractivity contribution in [3.8, 4) is 5.75 Å². The summed E-state index contributed by atoms with van der Waals surface area (Å²) in [5.74, 6) is 2.46. The second-order valence-electron chi connectivity index (χ2n) is 6.37. The maximum Gasteiger partial charge on any atom is 0.125 e. The van der Waals surface area contributed by atoms with Gasteiger partial charge in [0.05, 0.1) is 6.61 Å². The highest BCUT2D eigenvalue weighted by Crippen LogP contribution is 2.13. The Hall–Kier alpha value is -2.07. The molecule has 0 saturated heterocycles. The molecule has 1 aromatic heterocycles. The average molecular weight is 327 g/mol. The van der Waals surface area contributed by atoms with Crippen molar-refractivity contribution in [1.29, 1.82) is 0 Å². The lowest BCUT2D eigenvalue weighted by Crippen LogP contribution is -2.15. The smallest absolute Gasteiger partial charge is 0.125 e. The van der Waals surface area contributed by atoms with Crippen molar-refractivity contribution >= 4 is 5.82 Å². The minimum atomic E-state index is 0.554. The quantitative estimate of drug-likeness (QED) is 0.610. The molecule has 0 radical (unpaired) electrons. The van der Waals surface area contributed by atoms with Crippen molar-refractivity contribution < 1.29 is 4.74 Å². The Morgan fingerprint density at radius 3 is 2.50 bits per heavy atom. The van der Waals surface area contributed by atoms with E-state index in [9.17, 15) is 0 Å². The number of unbranched alkanes of at least 4 members (excludes halogenated alkanes) is 1. The fraction of sp³-hybridized carbons (Fsp3) is 0.450. The van der Waals surface area contributed by atoms with Crippen molar-refractivity contribution in [3.63, 3.8) is 0 Å². The number of hydrogen-bond donors (Lipinski definition) is 2. The summed E-state index contributed by atoms with van der Waals surface area (Å²) in [6.07, 6.45) is 4.09. The number of anilines is 1. The molecule has 0 aliphatic heterocycles. The van der Waals surface area contributed by atoms with Gasteiger partial charge in [-0.1, -0.05) is 32.0 Å². The molecule has 0 aliphatic rings. The van der Waals surface area contributed by atoms with Crippen LogP contribution in [-0.2, 0) is 6.54 Å². The summed E-state index contributed by atoms with van der Waals surface area (Å²) < 4.78 is 5.70. The fourth-order valence-electron chi connectivity index (χ4n) is 2.26. The Kier molecular flexibility index (Phi) is 8.11. The number of nitrogens with one attached hydrogen (secondary N) is 2. The Morgan fingerprint density at radius 2 is 1.79 bits per heavy atom. The number of benzene rings is 1. The fourth-order valence-corrected chi connectivity index (χ4v) is 2.26. The summed E-state index contributed by atoms with van der Waals surface area (Å²) in [6, 6.07) is 14.3. The standard InChI is InChI=1S/C20H29N3O/c1-17(2)16-24-19-10-8-18(9-11-19)15-21-12-5-6-14-23-20-7-3-4-13-22-20/h3-4,7-11,13,17,21H,5-6,12,14-16H2,1-2H3,(H,22,23). The number of rotatable bonds is 11. The molecule has 2 rings (SSSR count). The minimum Gasteiger partial charge on any atom is -0.493 e. The molecule has 0 atom stereocenters. The van der Waals surface area contributed by atoms with Crippen LogP contribution in [0.1, 0.15) is 32.3 Å². The summed E-state index contributed by atoms with van der Waals surface area (Å²) in [5, 5.41) is 6.81. The van der Waals surface area contributed by atoms with E-state index in [4.69, 9.17) is 4.74 Å². The zero-order valence-electron chi connectivity index (χ0n) is 14.8. The van der Waals surface area contributed by atoms with Gasteiger partial charge >= 0.3 is 0 Å². The topological polar surface area (TPSA) is 46.2 Å². The minimum absolute atomic E-state index is 0.554. The van der Waals surface area contributed by atoms with Gasteiger partial charge in [0.1, 0.15) is 11.6 Å². The molecular formula is C20H29N3O. The maximum atomic E-state index is 5.70. The van der Waals surface area contributed by atoms with Gasteiger partial charge in [-0.05, 0) is 55.1 Å². The molecule has 130 valence electrons. The summed E-state index contributed by atoms with van der Waals surface area (Å²) in [4.78, 5) is 4.25. The highest BCUT2D eigenvalue weighted by atomic mass is 16.5. The van der Waals surface area contributed by atoms with Gasteiger partial charge in [0.15, 0.2) is 0 Å². The van der Waals surface area contributed by atoms with Crippen LogP contribution < -0.4 is 15.4 Å². The molecule has 0 saturated carbocycles. The maximum absolute atomic E-state index is 5.70. The van der Waals surface area contributed by atoms with Crippen LogP contribution in [0.25, 0.3) is 0 Å². The van der Waals surface area contributed by atoms with Gasteiger partial charge in [-0.25, -0.2) is 4.98 Å². The molecule has 2 N–H and O–H groups in total. The number of aromatic nitrogens is 1. The zero-order chi connectivity index (χ0) is 17.0. The summed E-state index contributed by atoms with van der Waals surface area (Å²) in [5.41, 5.74) is 1.29. The molecule has 0 aliphatic carbocycles. The summed E-state index contributed by atoms with van der Waals surface area (Å²) >= 11 is 0. The monoisotopic (exact) mass is 327 g/mol. The van der Waals surface area contributed by atoms with Crippen LogP contribution in [0.5, 0.6) is 5.75 Å². The zero-order valence-corrected chi connectivity index (χ0v) is 14.8. The van der Waals surface area contributed by atoms with Crippen LogP contribution in [-0.4, -0.2) is 24.7 Å². The van der Waals surface area contributed by atoms with Crippen molar-refractivity contribution in [2.45, 2.75) is 33.2 Å². The normalized spacial score (nSPS) is 10.8. The molecule has 0 spiro atoms. The third-order valence-corrected chi connectivity index (χ3v) is 3.59. The highest BCUT2D eigenvalue weighted by Gasteiger charge is 1.98. The highest BCUT2D eigenvalue weighted by molar-refractivity contribution is 5.32. The van der Waals surface area contributed by atoms with Crippen LogP contribution in [0.3, 0.4) is 0 Å². The number of ether oxygens (including phenoxy) is 1. The van der Waals surface area contributed by atoms with E-state index in [1.807, 2.05) is 24.4 Å². The first kappa shape index (κ1) is 18.3. The largest absolute Gasteiger partial charge is 0.493 e. The summed E-state index contributed by atoms with van der Waals surface area (Å²) in [7, 11) is 0. The molecule has 0 fully saturated rings. The van der Waals surface area contributed by atoms with E-state index < -0.39 is 0 Å². The van der Waals surface area contributed by atoms with Crippen LogP contribution in [0.2, 0.25) is 0 Å². The van der Waals surface area contributed by atoms with E-state index in [1.54, 1.807) is 0 Å².